The quantitative estimate of drug-likeness (QED) is 0.558. The number of aromatic carboxylic acids is 1. The van der Waals surface area contributed by atoms with Crippen molar-refractivity contribution in [2.24, 2.45) is 0 Å². The molecule has 0 radical (unpaired) electrons. The normalized spacial score (nSPS) is 18.5. The number of benzene rings is 2. The Morgan fingerprint density at radius 3 is 2.62 bits per heavy atom. The lowest BCUT2D eigenvalue weighted by molar-refractivity contribution is 0.0696. The summed E-state index contributed by atoms with van der Waals surface area (Å²) in [5.74, 6) is -0.389. The molecule has 2 atom stereocenters. The summed E-state index contributed by atoms with van der Waals surface area (Å²) in [5, 5.41) is 27.8. The van der Waals surface area contributed by atoms with E-state index < -0.39 is 5.97 Å². The molecular formula is C24H26N4O4. The van der Waals surface area contributed by atoms with Gasteiger partial charge in [-0.3, -0.25) is 0 Å². The van der Waals surface area contributed by atoms with Gasteiger partial charge in [-0.1, -0.05) is 18.2 Å². The number of nitrogens with two attached hydrogens (primary N) is 1. The largest absolute Gasteiger partial charge is 0.507 e. The molecule has 8 nitrogen and oxygen atoms in total. The number of hydrogen-bond donors (Lipinski definition) is 3. The van der Waals surface area contributed by atoms with Gasteiger partial charge >= 0.3 is 5.97 Å². The molecule has 1 saturated heterocycles. The first-order chi connectivity index (χ1) is 15.4. The van der Waals surface area contributed by atoms with Crippen molar-refractivity contribution in [1.29, 1.82) is 0 Å². The van der Waals surface area contributed by atoms with E-state index in [4.69, 9.17) is 10.5 Å². The smallest absolute Gasteiger partial charge is 0.335 e. The highest BCUT2D eigenvalue weighted by Crippen LogP contribution is 2.36. The number of nitrogens with zero attached hydrogens (tertiary/aromatic N) is 3. The minimum Gasteiger partial charge on any atom is -0.507 e. The molecule has 1 aromatic heterocycles. The van der Waals surface area contributed by atoms with Crippen LogP contribution in [0.1, 0.15) is 33.8 Å². The van der Waals surface area contributed by atoms with Gasteiger partial charge in [-0.25, -0.2) is 4.79 Å². The van der Waals surface area contributed by atoms with E-state index in [-0.39, 0.29) is 23.3 Å². The molecule has 32 heavy (non-hydrogen) atoms. The number of aryl methyl sites for hydroxylation is 1. The van der Waals surface area contributed by atoms with Crippen LogP contribution >= 0.6 is 0 Å². The van der Waals surface area contributed by atoms with E-state index in [2.05, 4.69) is 15.1 Å². The number of para-hydroxylation sites is 1. The highest BCUT2D eigenvalue weighted by molar-refractivity contribution is 5.88. The number of rotatable bonds is 5. The average molecular weight is 434 g/mol. The van der Waals surface area contributed by atoms with E-state index in [0.717, 1.165) is 23.2 Å². The highest BCUT2D eigenvalue weighted by atomic mass is 16.5. The van der Waals surface area contributed by atoms with Crippen LogP contribution in [-0.2, 0) is 4.74 Å². The van der Waals surface area contributed by atoms with Crippen LogP contribution in [0.25, 0.3) is 11.3 Å². The van der Waals surface area contributed by atoms with Crippen LogP contribution in [-0.4, -0.2) is 52.7 Å². The van der Waals surface area contributed by atoms with Gasteiger partial charge in [0.25, 0.3) is 0 Å². The van der Waals surface area contributed by atoms with Gasteiger partial charge in [-0.2, -0.15) is 0 Å². The van der Waals surface area contributed by atoms with Gasteiger partial charge < -0.3 is 25.6 Å². The fourth-order valence-electron chi connectivity index (χ4n) is 4.38. The first kappa shape index (κ1) is 21.6. The number of ether oxygens (including phenoxy) is 1. The second-order valence-corrected chi connectivity index (χ2v) is 8.09. The number of carbonyl (C=O) groups is 1. The van der Waals surface area contributed by atoms with E-state index in [1.54, 1.807) is 37.4 Å². The van der Waals surface area contributed by atoms with Gasteiger partial charge in [0.1, 0.15) is 5.75 Å². The molecule has 0 spiro atoms. The van der Waals surface area contributed by atoms with E-state index in [0.29, 0.717) is 30.2 Å². The Bertz CT molecular complexity index is 1150. The number of phenols is 1. The summed E-state index contributed by atoms with van der Waals surface area (Å²) in [5.41, 5.74) is 10.3. The molecule has 0 saturated carbocycles. The minimum absolute atomic E-state index is 0.0338. The second-order valence-electron chi connectivity index (χ2n) is 8.09. The zero-order valence-electron chi connectivity index (χ0n) is 18.0. The van der Waals surface area contributed by atoms with Crippen LogP contribution in [0.15, 0.2) is 48.5 Å². The highest BCUT2D eigenvalue weighted by Gasteiger charge is 2.31. The van der Waals surface area contributed by atoms with Crippen LogP contribution < -0.4 is 10.6 Å². The summed E-state index contributed by atoms with van der Waals surface area (Å²) in [7, 11) is 1.69. The Hall–Kier alpha value is -3.65. The number of piperidine rings is 1. The number of anilines is 2. The van der Waals surface area contributed by atoms with Crippen molar-refractivity contribution in [3.05, 3.63) is 65.2 Å². The number of hydrogen-bond acceptors (Lipinski definition) is 7. The number of methoxy groups -OCH3 is 1. The van der Waals surface area contributed by atoms with Crippen LogP contribution in [0.2, 0.25) is 0 Å². The van der Waals surface area contributed by atoms with Crippen molar-refractivity contribution < 1.29 is 19.7 Å². The number of nitrogen functional groups attached to an aromatic ring is 1. The van der Waals surface area contributed by atoms with Gasteiger partial charge in [0.2, 0.25) is 0 Å². The predicted octanol–water partition coefficient (Wildman–Crippen LogP) is 3.45. The Balaban J connectivity index is 1.69. The average Bonchev–Trinajstić information content (AvgIpc) is 2.79. The molecule has 0 aliphatic carbocycles. The monoisotopic (exact) mass is 434 g/mol. The number of carboxylic acid groups (broad SMARTS) is 1. The lowest BCUT2D eigenvalue weighted by atomic mass is 9.85. The van der Waals surface area contributed by atoms with Crippen LogP contribution in [0.5, 0.6) is 5.75 Å². The standard InChI is InChI=1S/C24H26N4O4/c1-14-9-15(24(30)31)7-8-18(14)16-10-17(32-2)13-28(12-16)21-11-20(26-27-23(21)25)19-5-3-4-6-22(19)29/h3-9,11,16-17,29H,10,12-13H2,1-2H3,(H2,25,27)(H,30,31)/t16-,17+/m0/s1. The van der Waals surface area contributed by atoms with Crippen LogP contribution in [0.4, 0.5) is 11.5 Å². The second kappa shape index (κ2) is 8.84. The Morgan fingerprint density at radius 1 is 1.16 bits per heavy atom. The molecule has 3 aromatic rings. The summed E-state index contributed by atoms with van der Waals surface area (Å²) in [6.07, 6.45) is 0.777. The first-order valence-corrected chi connectivity index (χ1v) is 10.4. The molecule has 1 aliphatic rings. The zero-order chi connectivity index (χ0) is 22.8. The Morgan fingerprint density at radius 2 is 1.94 bits per heavy atom. The van der Waals surface area contributed by atoms with Gasteiger partial charge in [0, 0.05) is 31.7 Å². The van der Waals surface area contributed by atoms with Crippen molar-refractivity contribution >= 4 is 17.5 Å². The maximum absolute atomic E-state index is 11.3. The number of phenolic OH excluding ortho intramolecular Hbond substituents is 1. The zero-order valence-corrected chi connectivity index (χ0v) is 18.0. The van der Waals surface area contributed by atoms with E-state index in [1.807, 2.05) is 25.1 Å². The molecule has 8 heteroatoms. The van der Waals surface area contributed by atoms with Crippen molar-refractivity contribution in [1.82, 2.24) is 10.2 Å². The lowest BCUT2D eigenvalue weighted by Crippen LogP contribution is -2.43. The fourth-order valence-corrected chi connectivity index (χ4v) is 4.38. The molecule has 1 aliphatic heterocycles. The minimum atomic E-state index is -0.938. The van der Waals surface area contributed by atoms with E-state index >= 15 is 0 Å². The SMILES string of the molecule is CO[C@@H]1C[C@H](c2ccc(C(=O)O)cc2C)CN(c2cc(-c3ccccc3O)nnc2N)C1. The molecule has 4 rings (SSSR count). The molecule has 2 aromatic carbocycles. The lowest BCUT2D eigenvalue weighted by Gasteiger charge is -2.39. The summed E-state index contributed by atoms with van der Waals surface area (Å²) in [4.78, 5) is 13.4. The van der Waals surface area contributed by atoms with E-state index in [1.165, 1.54) is 0 Å². The molecule has 0 unspecified atom stereocenters. The topological polar surface area (TPSA) is 122 Å². The van der Waals surface area contributed by atoms with E-state index in [9.17, 15) is 15.0 Å². The van der Waals surface area contributed by atoms with Gasteiger partial charge in [-0.15, -0.1) is 10.2 Å². The molecule has 0 bridgehead atoms. The molecule has 4 N–H and O–H groups in total. The third-order valence-electron chi connectivity index (χ3n) is 6.02. The maximum atomic E-state index is 11.3. The summed E-state index contributed by atoms with van der Waals surface area (Å²) in [6.45, 7) is 3.24. The first-order valence-electron chi connectivity index (χ1n) is 10.4. The molecule has 0 amide bonds. The Labute approximate surface area is 186 Å². The van der Waals surface area contributed by atoms with Crippen molar-refractivity contribution in [2.75, 3.05) is 30.8 Å². The van der Waals surface area contributed by atoms with Gasteiger partial charge in [0.15, 0.2) is 5.82 Å². The summed E-state index contributed by atoms with van der Waals surface area (Å²) >= 11 is 0. The number of aromatic hydroxyl groups is 1. The summed E-state index contributed by atoms with van der Waals surface area (Å²) in [6, 6.07) is 14.0. The number of aromatic nitrogens is 2. The van der Waals surface area contributed by atoms with Gasteiger partial charge in [0.05, 0.1) is 23.0 Å². The fraction of sp³-hybridized carbons (Fsp3) is 0.292. The van der Waals surface area contributed by atoms with Crippen LogP contribution in [0.3, 0.4) is 0 Å². The molecule has 2 heterocycles. The third-order valence-corrected chi connectivity index (χ3v) is 6.02. The summed E-state index contributed by atoms with van der Waals surface area (Å²) < 4.78 is 5.72. The number of carboxylic acids is 1. The van der Waals surface area contributed by atoms with Crippen LogP contribution in [0, 0.1) is 6.92 Å². The molecule has 166 valence electrons. The maximum Gasteiger partial charge on any atom is 0.335 e. The third kappa shape index (κ3) is 4.22. The Kier molecular flexibility index (Phi) is 5.96. The predicted molar refractivity (Wildman–Crippen MR) is 122 cm³/mol. The van der Waals surface area contributed by atoms with Crippen molar-refractivity contribution in [2.45, 2.75) is 25.4 Å². The van der Waals surface area contributed by atoms with Crippen molar-refractivity contribution in [3.8, 4) is 17.0 Å². The van der Waals surface area contributed by atoms with Crippen molar-refractivity contribution in [3.63, 3.8) is 0 Å². The van der Waals surface area contributed by atoms with Gasteiger partial charge in [-0.05, 0) is 54.8 Å². The molecular weight excluding hydrogens is 408 g/mol. The molecule has 1 fully saturated rings.